The van der Waals surface area contributed by atoms with Crippen molar-refractivity contribution in [1.82, 2.24) is 0 Å². The van der Waals surface area contributed by atoms with Crippen molar-refractivity contribution in [3.8, 4) is 0 Å². The number of rotatable bonds is 5. The molecule has 0 amide bonds. The summed E-state index contributed by atoms with van der Waals surface area (Å²) in [6, 6.07) is 0. The molecule has 1 aliphatic heterocycles. The lowest BCUT2D eigenvalue weighted by Gasteiger charge is -2.07. The van der Waals surface area contributed by atoms with Crippen LogP contribution in [0.2, 0.25) is 0 Å². The lowest BCUT2D eigenvalue weighted by atomic mass is 10.2. The van der Waals surface area contributed by atoms with Crippen LogP contribution in [0, 0.1) is 0 Å². The van der Waals surface area contributed by atoms with E-state index in [4.69, 9.17) is 10.5 Å². The lowest BCUT2D eigenvalue weighted by Crippen LogP contribution is -2.16. The quantitative estimate of drug-likeness (QED) is 0.678. The van der Waals surface area contributed by atoms with E-state index >= 15 is 0 Å². The van der Waals surface area contributed by atoms with E-state index in [0.717, 1.165) is 31.6 Å². The highest BCUT2D eigenvalue weighted by Crippen LogP contribution is 2.15. The second-order valence-electron chi connectivity index (χ2n) is 3.06. The molecule has 3 nitrogen and oxygen atoms in total. The molecule has 2 atom stereocenters. The third-order valence-corrected chi connectivity index (χ3v) is 3.42. The molecule has 1 saturated heterocycles. The molecule has 1 fully saturated rings. The normalized spacial score (nSPS) is 25.9. The monoisotopic (exact) mass is 191 g/mol. The summed E-state index contributed by atoms with van der Waals surface area (Å²) in [6.07, 6.45) is 3.60. The fourth-order valence-corrected chi connectivity index (χ4v) is 2.36. The van der Waals surface area contributed by atoms with Crippen LogP contribution in [0.1, 0.15) is 19.3 Å². The molecule has 2 unspecified atom stereocenters. The van der Waals surface area contributed by atoms with Gasteiger partial charge in [0.2, 0.25) is 0 Å². The molecule has 0 aromatic carbocycles. The lowest BCUT2D eigenvalue weighted by molar-refractivity contribution is 0.109. The average Bonchev–Trinajstić information content (AvgIpc) is 2.53. The molecule has 1 rings (SSSR count). The number of ether oxygens (including phenoxy) is 1. The van der Waals surface area contributed by atoms with Gasteiger partial charge in [-0.2, -0.15) is 0 Å². The van der Waals surface area contributed by atoms with Gasteiger partial charge < -0.3 is 10.5 Å². The SMILES string of the molecule is NCCS(=O)CCC1CCCO1. The van der Waals surface area contributed by atoms with Crippen molar-refractivity contribution < 1.29 is 8.95 Å². The van der Waals surface area contributed by atoms with Crippen LogP contribution < -0.4 is 5.73 Å². The number of hydrogen-bond donors (Lipinski definition) is 1. The van der Waals surface area contributed by atoms with E-state index in [1.54, 1.807) is 0 Å². The van der Waals surface area contributed by atoms with Crippen LogP contribution in [0.5, 0.6) is 0 Å². The van der Waals surface area contributed by atoms with Gasteiger partial charge in [0, 0.05) is 35.5 Å². The molecule has 0 radical (unpaired) electrons. The minimum absolute atomic E-state index is 0.367. The largest absolute Gasteiger partial charge is 0.378 e. The maximum atomic E-state index is 11.2. The Labute approximate surface area is 76.1 Å². The first-order valence-electron chi connectivity index (χ1n) is 4.49. The second kappa shape index (κ2) is 5.67. The minimum Gasteiger partial charge on any atom is -0.378 e. The molecule has 4 heteroatoms. The summed E-state index contributed by atoms with van der Waals surface area (Å²) in [5.74, 6) is 1.38. The van der Waals surface area contributed by atoms with Gasteiger partial charge in [-0.3, -0.25) is 4.21 Å². The molecular weight excluding hydrogens is 174 g/mol. The summed E-state index contributed by atoms with van der Waals surface area (Å²) in [6.45, 7) is 1.41. The predicted octanol–water partition coefficient (Wildman–Crippen LogP) is 0.263. The molecule has 0 aliphatic carbocycles. The van der Waals surface area contributed by atoms with E-state index in [-0.39, 0.29) is 0 Å². The molecule has 1 aliphatic rings. The van der Waals surface area contributed by atoms with Gasteiger partial charge in [0.25, 0.3) is 0 Å². The highest BCUT2D eigenvalue weighted by Gasteiger charge is 2.15. The first-order chi connectivity index (χ1) is 5.83. The van der Waals surface area contributed by atoms with E-state index in [1.165, 1.54) is 0 Å². The highest BCUT2D eigenvalue weighted by atomic mass is 32.2. The van der Waals surface area contributed by atoms with Crippen LogP contribution in [0.25, 0.3) is 0 Å². The summed E-state index contributed by atoms with van der Waals surface area (Å²) in [5, 5.41) is 0. The summed E-state index contributed by atoms with van der Waals surface area (Å²) >= 11 is 0. The minimum atomic E-state index is -0.721. The third kappa shape index (κ3) is 3.65. The van der Waals surface area contributed by atoms with E-state index in [2.05, 4.69) is 0 Å². The van der Waals surface area contributed by atoms with Crippen LogP contribution in [0.3, 0.4) is 0 Å². The van der Waals surface area contributed by atoms with E-state index in [9.17, 15) is 4.21 Å². The zero-order chi connectivity index (χ0) is 8.81. The fourth-order valence-electron chi connectivity index (χ4n) is 1.37. The predicted molar refractivity (Wildman–Crippen MR) is 50.5 cm³/mol. The van der Waals surface area contributed by atoms with E-state index < -0.39 is 10.8 Å². The molecule has 0 spiro atoms. The molecule has 0 saturated carbocycles. The van der Waals surface area contributed by atoms with Gasteiger partial charge in [0.1, 0.15) is 0 Å². The van der Waals surface area contributed by atoms with Crippen LogP contribution in [0.15, 0.2) is 0 Å². The average molecular weight is 191 g/mol. The Balaban J connectivity index is 2.03. The van der Waals surface area contributed by atoms with Crippen molar-refractivity contribution in [2.45, 2.75) is 25.4 Å². The van der Waals surface area contributed by atoms with Crippen molar-refractivity contribution >= 4 is 10.8 Å². The van der Waals surface area contributed by atoms with E-state index in [0.29, 0.717) is 18.4 Å². The van der Waals surface area contributed by atoms with E-state index in [1.807, 2.05) is 0 Å². The number of nitrogens with two attached hydrogens (primary N) is 1. The molecular formula is C8H17NO2S. The molecule has 12 heavy (non-hydrogen) atoms. The van der Waals surface area contributed by atoms with Crippen molar-refractivity contribution in [1.29, 1.82) is 0 Å². The molecule has 0 aromatic heterocycles. The van der Waals surface area contributed by atoms with Crippen LogP contribution >= 0.6 is 0 Å². The Morgan fingerprint density at radius 3 is 2.92 bits per heavy atom. The number of hydrogen-bond acceptors (Lipinski definition) is 3. The van der Waals surface area contributed by atoms with Gasteiger partial charge in [0.05, 0.1) is 6.10 Å². The van der Waals surface area contributed by atoms with Crippen LogP contribution in [-0.4, -0.2) is 35.0 Å². The maximum absolute atomic E-state index is 11.2. The Morgan fingerprint density at radius 1 is 1.50 bits per heavy atom. The van der Waals surface area contributed by atoms with Crippen molar-refractivity contribution in [3.05, 3.63) is 0 Å². The van der Waals surface area contributed by atoms with Gasteiger partial charge in [-0.05, 0) is 19.3 Å². The smallest absolute Gasteiger partial charge is 0.0584 e. The molecule has 0 bridgehead atoms. The molecule has 1 heterocycles. The van der Waals surface area contributed by atoms with Crippen LogP contribution in [0.4, 0.5) is 0 Å². The van der Waals surface area contributed by atoms with Crippen molar-refractivity contribution in [2.75, 3.05) is 24.7 Å². The highest BCUT2D eigenvalue weighted by molar-refractivity contribution is 7.84. The molecule has 0 aromatic rings. The van der Waals surface area contributed by atoms with Gasteiger partial charge in [-0.1, -0.05) is 0 Å². The standard InChI is InChI=1S/C8H17NO2S/c9-4-7-12(10)6-3-8-2-1-5-11-8/h8H,1-7,9H2. The first kappa shape index (κ1) is 10.2. The first-order valence-corrected chi connectivity index (χ1v) is 5.98. The van der Waals surface area contributed by atoms with Gasteiger partial charge in [0.15, 0.2) is 0 Å². The van der Waals surface area contributed by atoms with Crippen molar-refractivity contribution in [3.63, 3.8) is 0 Å². The zero-order valence-corrected chi connectivity index (χ0v) is 8.15. The molecule has 72 valence electrons. The Bertz CT molecular complexity index is 146. The Hall–Kier alpha value is 0.0700. The Morgan fingerprint density at radius 2 is 2.33 bits per heavy atom. The summed E-state index contributed by atoms with van der Waals surface area (Å²) < 4.78 is 16.6. The summed E-state index contributed by atoms with van der Waals surface area (Å²) in [4.78, 5) is 0. The topological polar surface area (TPSA) is 52.3 Å². The van der Waals surface area contributed by atoms with Gasteiger partial charge in [-0.15, -0.1) is 0 Å². The third-order valence-electron chi connectivity index (χ3n) is 2.04. The summed E-state index contributed by atoms with van der Waals surface area (Å²) in [5.41, 5.74) is 5.29. The Kier molecular flexibility index (Phi) is 4.80. The fraction of sp³-hybridized carbons (Fsp3) is 1.00. The molecule has 2 N–H and O–H groups in total. The van der Waals surface area contributed by atoms with Gasteiger partial charge in [-0.25, -0.2) is 0 Å². The van der Waals surface area contributed by atoms with Crippen molar-refractivity contribution in [2.24, 2.45) is 5.73 Å². The second-order valence-corrected chi connectivity index (χ2v) is 4.76. The van der Waals surface area contributed by atoms with Gasteiger partial charge >= 0.3 is 0 Å². The summed E-state index contributed by atoms with van der Waals surface area (Å²) in [7, 11) is -0.721. The maximum Gasteiger partial charge on any atom is 0.0584 e. The zero-order valence-electron chi connectivity index (χ0n) is 7.33. The van der Waals surface area contributed by atoms with Crippen LogP contribution in [-0.2, 0) is 15.5 Å².